The second-order valence-corrected chi connectivity index (χ2v) is 4.90. The summed E-state index contributed by atoms with van der Waals surface area (Å²) in [4.78, 5) is 4.59. The third-order valence-corrected chi connectivity index (χ3v) is 2.48. The predicted molar refractivity (Wildman–Crippen MR) is 69.5 cm³/mol. The van der Waals surface area contributed by atoms with Crippen LogP contribution in [0.5, 0.6) is 0 Å². The molecule has 0 radical (unpaired) electrons. The summed E-state index contributed by atoms with van der Waals surface area (Å²) in [6, 6.07) is 2.08. The molecule has 0 aliphatic heterocycles. The van der Waals surface area contributed by atoms with E-state index in [1.165, 1.54) is 11.3 Å². The summed E-state index contributed by atoms with van der Waals surface area (Å²) in [6.07, 6.45) is 0. The lowest BCUT2D eigenvalue weighted by atomic mass is 9.99. The maximum absolute atomic E-state index is 4.59. The van der Waals surface area contributed by atoms with Crippen LogP contribution >= 0.6 is 0 Å². The van der Waals surface area contributed by atoms with Crippen molar-refractivity contribution >= 4 is 0 Å². The first-order chi connectivity index (χ1) is 7.41. The predicted octanol–water partition coefficient (Wildman–Crippen LogP) is 3.83. The van der Waals surface area contributed by atoms with Crippen molar-refractivity contribution in [3.05, 3.63) is 28.6 Å². The Hall–Kier alpha value is -1.29. The summed E-state index contributed by atoms with van der Waals surface area (Å²) in [5, 5.41) is 0. The van der Waals surface area contributed by atoms with E-state index in [0.717, 1.165) is 11.3 Å². The average Bonchev–Trinajstić information content (AvgIpc) is 2.18. The second kappa shape index (κ2) is 5.16. The molecule has 0 saturated carbocycles. The van der Waals surface area contributed by atoms with E-state index in [2.05, 4.69) is 57.5 Å². The van der Waals surface area contributed by atoms with E-state index >= 15 is 0 Å². The van der Waals surface area contributed by atoms with Gasteiger partial charge in [-0.05, 0) is 31.4 Å². The Kier molecular flexibility index (Phi) is 4.12. The maximum Gasteiger partial charge on any atom is 0.0473 e. The molecule has 0 amide bonds. The molecule has 0 aliphatic rings. The molecule has 1 aromatic rings. The SMILES string of the molecule is Cc1cc(C#CC(C)C)c(C)c(C(C)C)n1. The highest BCUT2D eigenvalue weighted by Gasteiger charge is 2.09. The standard InChI is InChI=1S/C15H21N/c1-10(2)7-8-14-9-12(5)16-15(11(3)4)13(14)6/h9-11H,1-6H3. The summed E-state index contributed by atoms with van der Waals surface area (Å²) in [6.45, 7) is 12.7. The molecule has 0 aliphatic carbocycles. The minimum Gasteiger partial charge on any atom is -0.258 e. The molecular formula is C15H21N. The first kappa shape index (κ1) is 12.8. The first-order valence-electron chi connectivity index (χ1n) is 5.91. The summed E-state index contributed by atoms with van der Waals surface area (Å²) in [7, 11) is 0. The van der Waals surface area contributed by atoms with Crippen molar-refractivity contribution in [1.82, 2.24) is 4.98 Å². The third-order valence-electron chi connectivity index (χ3n) is 2.48. The second-order valence-electron chi connectivity index (χ2n) is 4.90. The molecule has 0 spiro atoms. The normalized spacial score (nSPS) is 10.5. The van der Waals surface area contributed by atoms with Gasteiger partial charge in [0, 0.05) is 22.9 Å². The molecule has 0 N–H and O–H groups in total. The fourth-order valence-electron chi connectivity index (χ4n) is 1.68. The van der Waals surface area contributed by atoms with E-state index in [1.807, 2.05) is 6.92 Å². The zero-order valence-corrected chi connectivity index (χ0v) is 11.2. The van der Waals surface area contributed by atoms with Gasteiger partial charge >= 0.3 is 0 Å². The van der Waals surface area contributed by atoms with E-state index in [9.17, 15) is 0 Å². The summed E-state index contributed by atoms with van der Waals surface area (Å²) < 4.78 is 0. The number of hydrogen-bond donors (Lipinski definition) is 0. The Balaban J connectivity index is 3.26. The van der Waals surface area contributed by atoms with Crippen molar-refractivity contribution in [3.63, 3.8) is 0 Å². The highest BCUT2D eigenvalue weighted by molar-refractivity contribution is 5.44. The molecule has 0 fully saturated rings. The van der Waals surface area contributed by atoms with Crippen molar-refractivity contribution in [2.24, 2.45) is 5.92 Å². The minimum absolute atomic E-state index is 0.412. The van der Waals surface area contributed by atoms with Crippen LogP contribution in [0.2, 0.25) is 0 Å². The van der Waals surface area contributed by atoms with Gasteiger partial charge < -0.3 is 0 Å². The van der Waals surface area contributed by atoms with Gasteiger partial charge in [-0.15, -0.1) is 0 Å². The van der Waals surface area contributed by atoms with Crippen molar-refractivity contribution in [2.45, 2.75) is 47.5 Å². The van der Waals surface area contributed by atoms with Gasteiger partial charge in [-0.2, -0.15) is 0 Å². The Morgan fingerprint density at radius 2 is 1.75 bits per heavy atom. The maximum atomic E-state index is 4.59. The Bertz CT molecular complexity index is 431. The molecule has 1 aromatic heterocycles. The highest BCUT2D eigenvalue weighted by Crippen LogP contribution is 2.20. The zero-order chi connectivity index (χ0) is 12.3. The lowest BCUT2D eigenvalue weighted by Crippen LogP contribution is -2.01. The van der Waals surface area contributed by atoms with Crippen LogP contribution in [0.1, 0.15) is 56.1 Å². The van der Waals surface area contributed by atoms with Gasteiger partial charge in [-0.25, -0.2) is 0 Å². The van der Waals surface area contributed by atoms with Gasteiger partial charge in [0.05, 0.1) is 0 Å². The lowest BCUT2D eigenvalue weighted by molar-refractivity contribution is 0.802. The largest absolute Gasteiger partial charge is 0.258 e. The molecule has 86 valence electrons. The van der Waals surface area contributed by atoms with Crippen molar-refractivity contribution in [3.8, 4) is 11.8 Å². The molecule has 0 saturated heterocycles. The van der Waals surface area contributed by atoms with E-state index < -0.39 is 0 Å². The van der Waals surface area contributed by atoms with Crippen LogP contribution in [0, 0.1) is 31.6 Å². The van der Waals surface area contributed by atoms with E-state index in [-0.39, 0.29) is 0 Å². The topological polar surface area (TPSA) is 12.9 Å². The molecule has 1 heterocycles. The van der Waals surface area contributed by atoms with Crippen LogP contribution in [0.3, 0.4) is 0 Å². The smallest absolute Gasteiger partial charge is 0.0473 e. The van der Waals surface area contributed by atoms with E-state index in [4.69, 9.17) is 0 Å². The summed E-state index contributed by atoms with van der Waals surface area (Å²) >= 11 is 0. The van der Waals surface area contributed by atoms with Gasteiger partial charge in [-0.1, -0.05) is 39.5 Å². The molecular weight excluding hydrogens is 194 g/mol. The molecule has 0 aromatic carbocycles. The lowest BCUT2D eigenvalue weighted by Gasteiger charge is -2.11. The summed E-state index contributed by atoms with van der Waals surface area (Å²) in [5.74, 6) is 7.35. The molecule has 1 rings (SSSR count). The van der Waals surface area contributed by atoms with Crippen LogP contribution < -0.4 is 0 Å². The summed E-state index contributed by atoms with van der Waals surface area (Å²) in [5.41, 5.74) is 4.59. The fraction of sp³-hybridized carbons (Fsp3) is 0.533. The number of aryl methyl sites for hydroxylation is 1. The minimum atomic E-state index is 0.412. The number of rotatable bonds is 1. The third kappa shape index (κ3) is 3.10. The fourth-order valence-corrected chi connectivity index (χ4v) is 1.68. The van der Waals surface area contributed by atoms with E-state index in [0.29, 0.717) is 11.8 Å². The Labute approximate surface area is 99.3 Å². The zero-order valence-electron chi connectivity index (χ0n) is 11.2. The molecule has 16 heavy (non-hydrogen) atoms. The highest BCUT2D eigenvalue weighted by atomic mass is 14.7. The van der Waals surface area contributed by atoms with Crippen molar-refractivity contribution in [2.75, 3.05) is 0 Å². The Morgan fingerprint density at radius 1 is 1.12 bits per heavy atom. The molecule has 1 nitrogen and oxygen atoms in total. The number of pyridine rings is 1. The quantitative estimate of drug-likeness (QED) is 0.649. The van der Waals surface area contributed by atoms with Gasteiger partial charge in [0.25, 0.3) is 0 Å². The van der Waals surface area contributed by atoms with Gasteiger partial charge in [0.15, 0.2) is 0 Å². The Morgan fingerprint density at radius 3 is 2.25 bits per heavy atom. The van der Waals surface area contributed by atoms with Crippen LogP contribution in [-0.4, -0.2) is 4.98 Å². The number of hydrogen-bond acceptors (Lipinski definition) is 1. The molecule has 0 bridgehead atoms. The van der Waals surface area contributed by atoms with Crippen LogP contribution in [0.25, 0.3) is 0 Å². The first-order valence-corrected chi connectivity index (χ1v) is 5.91. The van der Waals surface area contributed by atoms with Crippen LogP contribution in [-0.2, 0) is 0 Å². The van der Waals surface area contributed by atoms with Crippen LogP contribution in [0.4, 0.5) is 0 Å². The molecule has 1 heteroatoms. The van der Waals surface area contributed by atoms with Gasteiger partial charge in [-0.3, -0.25) is 4.98 Å². The van der Waals surface area contributed by atoms with Crippen LogP contribution in [0.15, 0.2) is 6.07 Å². The van der Waals surface area contributed by atoms with Crippen molar-refractivity contribution in [1.29, 1.82) is 0 Å². The van der Waals surface area contributed by atoms with Crippen molar-refractivity contribution < 1.29 is 0 Å². The monoisotopic (exact) mass is 215 g/mol. The van der Waals surface area contributed by atoms with Gasteiger partial charge in [0.1, 0.15) is 0 Å². The average molecular weight is 215 g/mol. The van der Waals surface area contributed by atoms with E-state index in [1.54, 1.807) is 0 Å². The number of aromatic nitrogens is 1. The molecule has 0 unspecified atom stereocenters. The number of nitrogens with zero attached hydrogens (tertiary/aromatic N) is 1. The van der Waals surface area contributed by atoms with Gasteiger partial charge in [0.2, 0.25) is 0 Å². The molecule has 0 atom stereocenters.